The monoisotopic (exact) mass is 328 g/mol. The average molecular weight is 329 g/mol. The topological polar surface area (TPSA) is 84.7 Å². The van der Waals surface area contributed by atoms with Crippen molar-refractivity contribution < 1.29 is 4.79 Å². The number of carbonyl (C=O) groups excluding carboxylic acids is 1. The molecule has 0 bridgehead atoms. The molecule has 2 aromatic heterocycles. The zero-order chi connectivity index (χ0) is 13.9. The lowest BCUT2D eigenvalue weighted by Crippen LogP contribution is -2.51. The molecule has 0 aliphatic carbocycles. The van der Waals surface area contributed by atoms with Gasteiger partial charge in [0.15, 0.2) is 0 Å². The maximum absolute atomic E-state index is 12.4. The van der Waals surface area contributed by atoms with Crippen LogP contribution >= 0.6 is 23.7 Å². The Morgan fingerprint density at radius 3 is 3.14 bits per heavy atom. The summed E-state index contributed by atoms with van der Waals surface area (Å²) in [7, 11) is 0. The second-order valence-electron chi connectivity index (χ2n) is 4.85. The van der Waals surface area contributed by atoms with Crippen LogP contribution in [0.1, 0.15) is 29.4 Å². The van der Waals surface area contributed by atoms with E-state index in [1.165, 1.54) is 22.3 Å². The van der Waals surface area contributed by atoms with Gasteiger partial charge in [-0.2, -0.15) is 4.68 Å². The van der Waals surface area contributed by atoms with Crippen LogP contribution in [-0.4, -0.2) is 44.7 Å². The highest BCUT2D eigenvalue weighted by Gasteiger charge is 2.24. The molecule has 0 spiro atoms. The first-order valence-electron chi connectivity index (χ1n) is 6.61. The van der Waals surface area contributed by atoms with Crippen LogP contribution in [0.5, 0.6) is 0 Å². The van der Waals surface area contributed by atoms with E-state index in [2.05, 4.69) is 33.1 Å². The van der Waals surface area contributed by atoms with Gasteiger partial charge in [-0.25, -0.2) is 0 Å². The fourth-order valence-corrected chi connectivity index (χ4v) is 3.18. The number of thiophene rings is 1. The quantitative estimate of drug-likeness (QED) is 0.878. The lowest BCUT2D eigenvalue weighted by atomic mass is 10.00. The van der Waals surface area contributed by atoms with Gasteiger partial charge in [0, 0.05) is 12.1 Å². The van der Waals surface area contributed by atoms with Crippen molar-refractivity contribution in [3.63, 3.8) is 0 Å². The molecule has 2 unspecified atom stereocenters. The van der Waals surface area contributed by atoms with Gasteiger partial charge in [0.25, 0.3) is 5.91 Å². The second-order valence-corrected chi connectivity index (χ2v) is 5.77. The summed E-state index contributed by atoms with van der Waals surface area (Å²) in [5.41, 5.74) is 0.717. The SMILES string of the molecule is CC1NCCCC1NC(=O)c1sccc1-n1cnnn1.Cl. The second kappa shape index (κ2) is 6.97. The molecular formula is C12H17ClN6OS. The number of nitrogens with one attached hydrogen (secondary N) is 2. The standard InChI is InChI=1S/C12H16N6OS.ClH/c1-8-9(3-2-5-13-8)15-12(19)11-10(4-6-20-11)18-7-14-16-17-18;/h4,6-9,13H,2-3,5H2,1H3,(H,15,19);1H. The fraction of sp³-hybridized carbons (Fsp3) is 0.500. The third-order valence-corrected chi connectivity index (χ3v) is 4.43. The van der Waals surface area contributed by atoms with Gasteiger partial charge in [-0.05, 0) is 48.2 Å². The largest absolute Gasteiger partial charge is 0.347 e. The molecule has 2 N–H and O–H groups in total. The molecule has 0 aromatic carbocycles. The number of tetrazole rings is 1. The van der Waals surface area contributed by atoms with Crippen molar-refractivity contribution in [1.29, 1.82) is 0 Å². The van der Waals surface area contributed by atoms with Gasteiger partial charge < -0.3 is 10.6 Å². The molecule has 21 heavy (non-hydrogen) atoms. The van der Waals surface area contributed by atoms with E-state index in [9.17, 15) is 4.79 Å². The van der Waals surface area contributed by atoms with Crippen molar-refractivity contribution in [3.8, 4) is 5.69 Å². The van der Waals surface area contributed by atoms with Crippen molar-refractivity contribution >= 4 is 29.7 Å². The number of hydrogen-bond acceptors (Lipinski definition) is 6. The highest BCUT2D eigenvalue weighted by atomic mass is 35.5. The summed E-state index contributed by atoms with van der Waals surface area (Å²) in [6, 6.07) is 2.31. The van der Waals surface area contributed by atoms with Gasteiger partial charge in [0.05, 0.1) is 5.69 Å². The predicted octanol–water partition coefficient (Wildman–Crippen LogP) is 1.02. The number of aromatic nitrogens is 4. The van der Waals surface area contributed by atoms with Crippen molar-refractivity contribution in [3.05, 3.63) is 22.7 Å². The number of hydrogen-bond donors (Lipinski definition) is 2. The molecule has 7 nitrogen and oxygen atoms in total. The Balaban J connectivity index is 0.00000161. The fourth-order valence-electron chi connectivity index (χ4n) is 2.40. The third kappa shape index (κ3) is 3.39. The summed E-state index contributed by atoms with van der Waals surface area (Å²) in [4.78, 5) is 13.1. The molecule has 2 aromatic rings. The molecule has 0 saturated carbocycles. The molecule has 114 valence electrons. The zero-order valence-electron chi connectivity index (χ0n) is 11.5. The van der Waals surface area contributed by atoms with Gasteiger partial charge >= 0.3 is 0 Å². The Labute approximate surface area is 132 Å². The molecule has 3 rings (SSSR count). The Hall–Kier alpha value is -1.51. The van der Waals surface area contributed by atoms with Gasteiger partial charge in [-0.15, -0.1) is 28.8 Å². The first-order chi connectivity index (χ1) is 9.75. The molecule has 1 aliphatic heterocycles. The molecule has 0 radical (unpaired) electrons. The smallest absolute Gasteiger partial charge is 0.263 e. The van der Waals surface area contributed by atoms with Crippen LogP contribution in [-0.2, 0) is 0 Å². The van der Waals surface area contributed by atoms with Gasteiger partial charge in [-0.3, -0.25) is 4.79 Å². The minimum absolute atomic E-state index is 0. The maximum Gasteiger partial charge on any atom is 0.263 e. The normalized spacial score (nSPS) is 21.6. The van der Waals surface area contributed by atoms with E-state index in [1.807, 2.05) is 11.4 Å². The van der Waals surface area contributed by atoms with Crippen LogP contribution < -0.4 is 10.6 Å². The minimum atomic E-state index is -0.0638. The van der Waals surface area contributed by atoms with E-state index < -0.39 is 0 Å². The molecule has 3 heterocycles. The van der Waals surface area contributed by atoms with Crippen molar-refractivity contribution in [1.82, 2.24) is 30.8 Å². The van der Waals surface area contributed by atoms with Crippen LogP contribution in [0.4, 0.5) is 0 Å². The Kier molecular flexibility index (Phi) is 5.27. The molecule has 1 fully saturated rings. The Morgan fingerprint density at radius 1 is 1.57 bits per heavy atom. The maximum atomic E-state index is 12.4. The van der Waals surface area contributed by atoms with Gasteiger partial charge in [-0.1, -0.05) is 0 Å². The summed E-state index contributed by atoms with van der Waals surface area (Å²) in [5, 5.41) is 19.4. The third-order valence-electron chi connectivity index (χ3n) is 3.52. The van der Waals surface area contributed by atoms with E-state index in [-0.39, 0.29) is 24.4 Å². The van der Waals surface area contributed by atoms with E-state index in [1.54, 1.807) is 0 Å². The van der Waals surface area contributed by atoms with Crippen molar-refractivity contribution in [2.45, 2.75) is 31.8 Å². The summed E-state index contributed by atoms with van der Waals surface area (Å²) in [6.07, 6.45) is 3.58. The van der Waals surface area contributed by atoms with E-state index >= 15 is 0 Å². The summed E-state index contributed by atoms with van der Waals surface area (Å²) in [5.74, 6) is -0.0638. The number of piperidine rings is 1. The van der Waals surface area contributed by atoms with E-state index in [0.717, 1.165) is 19.4 Å². The summed E-state index contributed by atoms with van der Waals surface area (Å²) in [6.45, 7) is 3.11. The number of halogens is 1. The van der Waals surface area contributed by atoms with Crippen molar-refractivity contribution in [2.24, 2.45) is 0 Å². The molecule has 2 atom stereocenters. The van der Waals surface area contributed by atoms with Crippen LogP contribution in [0.3, 0.4) is 0 Å². The lowest BCUT2D eigenvalue weighted by molar-refractivity contribution is 0.0924. The molecule has 1 aliphatic rings. The van der Waals surface area contributed by atoms with Crippen LogP contribution in [0, 0.1) is 0 Å². The van der Waals surface area contributed by atoms with E-state index in [4.69, 9.17) is 0 Å². The van der Waals surface area contributed by atoms with Crippen LogP contribution in [0.25, 0.3) is 5.69 Å². The molecular weight excluding hydrogens is 312 g/mol. The number of amides is 1. The Bertz CT molecular complexity index is 586. The summed E-state index contributed by atoms with van der Waals surface area (Å²) >= 11 is 1.40. The number of nitrogens with zero attached hydrogens (tertiary/aromatic N) is 4. The van der Waals surface area contributed by atoms with Gasteiger partial charge in [0.2, 0.25) is 0 Å². The van der Waals surface area contributed by atoms with Crippen molar-refractivity contribution in [2.75, 3.05) is 6.54 Å². The highest BCUT2D eigenvalue weighted by Crippen LogP contribution is 2.20. The van der Waals surface area contributed by atoms with Gasteiger partial charge in [0.1, 0.15) is 11.2 Å². The minimum Gasteiger partial charge on any atom is -0.347 e. The predicted molar refractivity (Wildman–Crippen MR) is 82.2 cm³/mol. The number of rotatable bonds is 3. The summed E-state index contributed by atoms with van der Waals surface area (Å²) < 4.78 is 1.51. The molecule has 1 saturated heterocycles. The van der Waals surface area contributed by atoms with Crippen LogP contribution in [0.2, 0.25) is 0 Å². The molecule has 1 amide bonds. The first kappa shape index (κ1) is 15.9. The lowest BCUT2D eigenvalue weighted by Gasteiger charge is -2.30. The average Bonchev–Trinajstić information content (AvgIpc) is 3.11. The molecule has 9 heteroatoms. The van der Waals surface area contributed by atoms with Crippen LogP contribution in [0.15, 0.2) is 17.8 Å². The Morgan fingerprint density at radius 2 is 2.43 bits per heavy atom. The zero-order valence-corrected chi connectivity index (χ0v) is 13.2. The number of carbonyl (C=O) groups is 1. The first-order valence-corrected chi connectivity index (χ1v) is 7.49. The highest BCUT2D eigenvalue weighted by molar-refractivity contribution is 7.12. The van der Waals surface area contributed by atoms with E-state index in [0.29, 0.717) is 16.6 Å².